The zero-order chi connectivity index (χ0) is 24.0. The number of benzene rings is 2. The topological polar surface area (TPSA) is 101 Å². The van der Waals surface area contributed by atoms with E-state index in [-0.39, 0.29) is 12.5 Å². The van der Waals surface area contributed by atoms with Gasteiger partial charge in [0.2, 0.25) is 5.60 Å². The van der Waals surface area contributed by atoms with Crippen molar-refractivity contribution in [1.29, 1.82) is 0 Å². The first-order valence-electron chi connectivity index (χ1n) is 11.3. The Morgan fingerprint density at radius 3 is 2.32 bits per heavy atom. The van der Waals surface area contributed by atoms with Crippen LogP contribution in [0.2, 0.25) is 0 Å². The number of ether oxygens (including phenoxy) is 1. The Morgan fingerprint density at radius 1 is 1.09 bits per heavy atom. The molecule has 1 aromatic heterocycles. The summed E-state index contributed by atoms with van der Waals surface area (Å²) in [7, 11) is 1.97. The molecule has 2 heterocycles. The van der Waals surface area contributed by atoms with Crippen LogP contribution in [0.3, 0.4) is 0 Å². The summed E-state index contributed by atoms with van der Waals surface area (Å²) in [5.74, 6) is -0.498. The van der Waals surface area contributed by atoms with Crippen molar-refractivity contribution in [1.82, 2.24) is 9.97 Å². The molecule has 1 unspecified atom stereocenters. The van der Waals surface area contributed by atoms with Crippen LogP contribution in [0.15, 0.2) is 79.3 Å². The van der Waals surface area contributed by atoms with Gasteiger partial charge in [0.05, 0.1) is 19.8 Å². The molecule has 2 atom stereocenters. The van der Waals surface area contributed by atoms with E-state index in [1.807, 2.05) is 19.2 Å². The largest absolute Gasteiger partial charge is 0.454 e. The van der Waals surface area contributed by atoms with Crippen molar-refractivity contribution in [3.63, 3.8) is 0 Å². The first-order valence-corrected chi connectivity index (χ1v) is 11.3. The van der Waals surface area contributed by atoms with Crippen LogP contribution < -0.4 is 5.32 Å². The van der Waals surface area contributed by atoms with Crippen LogP contribution >= 0.6 is 0 Å². The van der Waals surface area contributed by atoms with Gasteiger partial charge in [-0.1, -0.05) is 60.7 Å². The number of nitrogens with zero attached hydrogens (tertiary/aromatic N) is 3. The van der Waals surface area contributed by atoms with Crippen molar-refractivity contribution in [3.8, 4) is 0 Å². The Hall–Kier alpha value is -3.62. The van der Waals surface area contributed by atoms with Gasteiger partial charge in [0.15, 0.2) is 18.5 Å². The summed E-state index contributed by atoms with van der Waals surface area (Å²) in [6.07, 6.45) is 5.59. The van der Waals surface area contributed by atoms with Crippen molar-refractivity contribution in [2.45, 2.75) is 24.5 Å². The number of hydrogen-bond acceptors (Lipinski definition) is 6. The third-order valence-corrected chi connectivity index (χ3v) is 6.18. The second kappa shape index (κ2) is 10.1. The lowest BCUT2D eigenvalue weighted by molar-refractivity contribution is -0.909. The predicted molar refractivity (Wildman–Crippen MR) is 126 cm³/mol. The molecule has 1 fully saturated rings. The molecule has 4 rings (SSSR count). The van der Waals surface area contributed by atoms with Gasteiger partial charge in [-0.05, 0) is 17.5 Å². The highest BCUT2D eigenvalue weighted by Gasteiger charge is 2.44. The van der Waals surface area contributed by atoms with Gasteiger partial charge in [0.25, 0.3) is 5.91 Å². The van der Waals surface area contributed by atoms with Gasteiger partial charge in [-0.15, -0.1) is 0 Å². The number of carbonyl (C=O) groups excluding carboxylic acids is 2. The number of aromatic nitrogens is 2. The van der Waals surface area contributed by atoms with Gasteiger partial charge in [-0.3, -0.25) is 9.78 Å². The molecule has 0 radical (unpaired) electrons. The van der Waals surface area contributed by atoms with Crippen LogP contribution in [0.5, 0.6) is 0 Å². The number of carbonyl (C=O) groups is 2. The van der Waals surface area contributed by atoms with E-state index >= 15 is 0 Å². The van der Waals surface area contributed by atoms with Crippen LogP contribution in [0.4, 0.5) is 5.82 Å². The number of likely N-dealkylation sites (N-methyl/N-ethyl adjacent to an activating group) is 1. The highest BCUT2D eigenvalue weighted by molar-refractivity contribution is 5.90. The van der Waals surface area contributed by atoms with E-state index in [2.05, 4.69) is 15.3 Å². The van der Waals surface area contributed by atoms with Crippen LogP contribution in [-0.4, -0.2) is 64.2 Å². The number of nitrogens with one attached hydrogen (secondary N) is 1. The smallest absolute Gasteiger partial charge is 0.348 e. The van der Waals surface area contributed by atoms with Gasteiger partial charge < -0.3 is 19.6 Å². The molecule has 0 bridgehead atoms. The van der Waals surface area contributed by atoms with E-state index in [0.29, 0.717) is 34.4 Å². The second-order valence-corrected chi connectivity index (χ2v) is 8.93. The Labute approximate surface area is 198 Å². The highest BCUT2D eigenvalue weighted by atomic mass is 16.6. The molecular formula is C26H29N4O4+. The molecule has 0 spiro atoms. The maximum absolute atomic E-state index is 13.4. The van der Waals surface area contributed by atoms with E-state index in [4.69, 9.17) is 4.74 Å². The molecule has 3 aromatic rings. The fourth-order valence-corrected chi connectivity index (χ4v) is 4.51. The zero-order valence-electron chi connectivity index (χ0n) is 19.1. The number of piperidine rings is 1. The number of anilines is 1. The molecule has 1 amide bonds. The van der Waals surface area contributed by atoms with Gasteiger partial charge in [-0.25, -0.2) is 9.78 Å². The molecule has 8 heteroatoms. The van der Waals surface area contributed by atoms with Crippen LogP contribution in [0, 0.1) is 0 Å². The molecular weight excluding hydrogens is 432 g/mol. The minimum atomic E-state index is -1.92. The minimum Gasteiger partial charge on any atom is -0.454 e. The van der Waals surface area contributed by atoms with E-state index in [9.17, 15) is 14.7 Å². The van der Waals surface area contributed by atoms with Crippen LogP contribution in [-0.2, 0) is 19.9 Å². The third kappa shape index (κ3) is 5.30. The van der Waals surface area contributed by atoms with Crippen molar-refractivity contribution in [3.05, 3.63) is 90.4 Å². The summed E-state index contributed by atoms with van der Waals surface area (Å²) in [4.78, 5) is 34.1. The van der Waals surface area contributed by atoms with Crippen molar-refractivity contribution < 1.29 is 23.9 Å². The average Bonchev–Trinajstić information content (AvgIpc) is 2.85. The number of quaternary nitrogens is 1. The van der Waals surface area contributed by atoms with Crippen LogP contribution in [0.25, 0.3) is 0 Å². The monoisotopic (exact) mass is 461 g/mol. The molecule has 1 saturated heterocycles. The zero-order valence-corrected chi connectivity index (χ0v) is 19.1. The van der Waals surface area contributed by atoms with Gasteiger partial charge in [-0.2, -0.15) is 0 Å². The first kappa shape index (κ1) is 23.5. The number of aliphatic hydroxyl groups is 1. The fraction of sp³-hybridized carbons (Fsp3) is 0.308. The third-order valence-electron chi connectivity index (χ3n) is 6.18. The SMILES string of the molecule is C[N@@+]1(CC(=O)Nc2cnccn2)CCCC(OC(=O)C(O)(c2ccccc2)c2ccccc2)C1. The number of amides is 1. The standard InChI is InChI=1S/C26H28N4O4/c1-30(19-24(31)29-23-17-27-14-15-28-23)16-8-13-22(18-30)34-25(32)26(33,20-9-4-2-5-10-20)21-11-6-3-7-12-21/h2-7,9-12,14-15,17,22,33H,8,13,16,18-19H2,1H3/p+1/t22?,30-/m1/s1. The average molecular weight is 462 g/mol. The quantitative estimate of drug-likeness (QED) is 0.414. The Kier molecular flexibility index (Phi) is 7.00. The molecule has 2 N–H and O–H groups in total. The number of rotatable bonds is 7. The Balaban J connectivity index is 1.47. The predicted octanol–water partition coefficient (Wildman–Crippen LogP) is 2.50. The molecule has 8 nitrogen and oxygen atoms in total. The molecule has 0 aliphatic carbocycles. The maximum Gasteiger partial charge on any atom is 0.348 e. The second-order valence-electron chi connectivity index (χ2n) is 8.93. The normalized spacial score (nSPS) is 20.4. The van der Waals surface area contributed by atoms with Gasteiger partial charge >= 0.3 is 5.97 Å². The van der Waals surface area contributed by atoms with Crippen LogP contribution in [0.1, 0.15) is 24.0 Å². The molecule has 1 aliphatic rings. The van der Waals surface area contributed by atoms with E-state index in [1.165, 1.54) is 12.4 Å². The van der Waals surface area contributed by atoms with Gasteiger partial charge in [0.1, 0.15) is 6.54 Å². The summed E-state index contributed by atoms with van der Waals surface area (Å²) < 4.78 is 6.32. The fourth-order valence-electron chi connectivity index (χ4n) is 4.51. The summed E-state index contributed by atoms with van der Waals surface area (Å²) in [5, 5.41) is 14.4. The van der Waals surface area contributed by atoms with Crippen molar-refractivity contribution in [2.24, 2.45) is 0 Å². The first-order chi connectivity index (χ1) is 16.4. The minimum absolute atomic E-state index is 0.181. The summed E-state index contributed by atoms with van der Waals surface area (Å²) in [6.45, 7) is 1.47. The molecule has 2 aromatic carbocycles. The van der Waals surface area contributed by atoms with E-state index in [0.717, 1.165) is 13.0 Å². The lowest BCUT2D eigenvalue weighted by Crippen LogP contribution is -2.57. The number of likely N-dealkylation sites (tertiary alicyclic amines) is 1. The number of hydrogen-bond donors (Lipinski definition) is 2. The lowest BCUT2D eigenvalue weighted by atomic mass is 9.86. The Morgan fingerprint density at radius 2 is 1.74 bits per heavy atom. The maximum atomic E-state index is 13.4. The van der Waals surface area contributed by atoms with Crippen molar-refractivity contribution in [2.75, 3.05) is 32.0 Å². The molecule has 176 valence electrons. The summed E-state index contributed by atoms with van der Waals surface area (Å²) >= 11 is 0. The van der Waals surface area contributed by atoms with E-state index < -0.39 is 17.7 Å². The molecule has 1 aliphatic heterocycles. The van der Waals surface area contributed by atoms with Crippen molar-refractivity contribution >= 4 is 17.7 Å². The van der Waals surface area contributed by atoms with Gasteiger partial charge in [0, 0.05) is 18.8 Å². The summed E-state index contributed by atoms with van der Waals surface area (Å²) in [5.41, 5.74) is -1.03. The lowest BCUT2D eigenvalue weighted by Gasteiger charge is -2.41. The summed E-state index contributed by atoms with van der Waals surface area (Å²) in [6, 6.07) is 17.6. The number of esters is 1. The highest BCUT2D eigenvalue weighted by Crippen LogP contribution is 2.32. The molecule has 0 saturated carbocycles. The van der Waals surface area contributed by atoms with E-state index in [1.54, 1.807) is 54.7 Å². The Bertz CT molecular complexity index is 1070. The molecule has 34 heavy (non-hydrogen) atoms.